The molecule has 0 spiro atoms. The molecular formula is C3H4IrO2. The van der Waals surface area contributed by atoms with Crippen LogP contribution in [0.1, 0.15) is 0 Å². The largest absolute Gasteiger partial charge is 0.478 e. The van der Waals surface area contributed by atoms with Gasteiger partial charge in [-0.15, -0.1) is 0 Å². The molecule has 0 saturated carbocycles. The van der Waals surface area contributed by atoms with Gasteiger partial charge in [-0.1, -0.05) is 6.58 Å². The number of hydrogen-bond donors (Lipinski definition) is 1. The van der Waals surface area contributed by atoms with E-state index in [2.05, 4.69) is 6.58 Å². The molecule has 0 aliphatic rings. The zero-order valence-electron chi connectivity index (χ0n) is 2.97. The third-order valence-electron chi connectivity index (χ3n) is 0.175. The van der Waals surface area contributed by atoms with E-state index in [0.717, 1.165) is 6.08 Å². The Bertz CT molecular complexity index is 59.8. The molecule has 2 nitrogen and oxygen atoms in total. The fourth-order valence-electron chi connectivity index (χ4n) is 0. The third kappa shape index (κ3) is 9.13. The minimum absolute atomic E-state index is 0. The zero-order valence-corrected chi connectivity index (χ0v) is 5.37. The van der Waals surface area contributed by atoms with Crippen molar-refractivity contribution in [2.45, 2.75) is 0 Å². The Labute approximate surface area is 49.2 Å². The Morgan fingerprint density at radius 2 is 2.00 bits per heavy atom. The molecule has 0 aromatic carbocycles. The molecule has 0 saturated heterocycles. The molecule has 0 bridgehead atoms. The summed E-state index contributed by atoms with van der Waals surface area (Å²) in [6.45, 7) is 2.96. The molecule has 3 heteroatoms. The van der Waals surface area contributed by atoms with Gasteiger partial charge in [0.1, 0.15) is 0 Å². The quantitative estimate of drug-likeness (QED) is 0.690. The molecule has 0 aromatic heterocycles. The Kier molecular flexibility index (Phi) is 7.52. The Morgan fingerprint density at radius 1 is 1.83 bits per heavy atom. The molecule has 1 radical (unpaired) electrons. The Balaban J connectivity index is 0. The van der Waals surface area contributed by atoms with Gasteiger partial charge in [-0.05, 0) is 0 Å². The Hall–Kier alpha value is -0.141. The van der Waals surface area contributed by atoms with Crippen LogP contribution in [0.4, 0.5) is 0 Å². The smallest absolute Gasteiger partial charge is 0.327 e. The molecule has 1 N–H and O–H groups in total. The van der Waals surface area contributed by atoms with Crippen molar-refractivity contribution in [3.63, 3.8) is 0 Å². The SMILES string of the molecule is C=CC(=O)O.[Ir]. The minimum Gasteiger partial charge on any atom is -0.478 e. The zero-order chi connectivity index (χ0) is 4.28. The number of hydrogen-bond acceptors (Lipinski definition) is 1. The number of carbonyl (C=O) groups is 1. The number of carboxylic acids is 1. The van der Waals surface area contributed by atoms with Crippen LogP contribution in [0.15, 0.2) is 12.7 Å². The summed E-state index contributed by atoms with van der Waals surface area (Å²) in [4.78, 5) is 9.25. The summed E-state index contributed by atoms with van der Waals surface area (Å²) < 4.78 is 0. The van der Waals surface area contributed by atoms with E-state index in [4.69, 9.17) is 5.11 Å². The first-order valence-electron chi connectivity index (χ1n) is 1.12. The Morgan fingerprint density at radius 3 is 2.00 bits per heavy atom. The third-order valence-corrected chi connectivity index (χ3v) is 0.175. The van der Waals surface area contributed by atoms with E-state index in [1.54, 1.807) is 0 Å². The van der Waals surface area contributed by atoms with Gasteiger partial charge in [0.2, 0.25) is 0 Å². The van der Waals surface area contributed by atoms with Crippen LogP contribution in [-0.2, 0) is 24.9 Å². The van der Waals surface area contributed by atoms with E-state index in [0.29, 0.717) is 0 Å². The normalized spacial score (nSPS) is 5.33. The van der Waals surface area contributed by atoms with E-state index in [1.807, 2.05) is 0 Å². The van der Waals surface area contributed by atoms with Gasteiger partial charge in [-0.25, -0.2) is 4.79 Å². The number of carboxylic acid groups (broad SMARTS) is 1. The van der Waals surface area contributed by atoms with Gasteiger partial charge < -0.3 is 5.11 Å². The van der Waals surface area contributed by atoms with Crippen LogP contribution in [0.3, 0.4) is 0 Å². The van der Waals surface area contributed by atoms with Gasteiger partial charge >= 0.3 is 5.97 Å². The van der Waals surface area contributed by atoms with E-state index in [1.165, 1.54) is 0 Å². The molecule has 0 unspecified atom stereocenters. The summed E-state index contributed by atoms with van der Waals surface area (Å²) in [6, 6.07) is 0. The molecular weight excluding hydrogens is 260 g/mol. The maximum Gasteiger partial charge on any atom is 0.327 e. The first kappa shape index (κ1) is 9.29. The standard InChI is InChI=1S/C3H4O2.Ir/c1-2-3(4)5;/h2H,1H2,(H,4,5);. The second-order valence-corrected chi connectivity index (χ2v) is 0.542. The summed E-state index contributed by atoms with van der Waals surface area (Å²) in [6.07, 6.45) is 0.833. The average molecular weight is 264 g/mol. The van der Waals surface area contributed by atoms with Crippen molar-refractivity contribution in [2.24, 2.45) is 0 Å². The summed E-state index contributed by atoms with van der Waals surface area (Å²) in [5.74, 6) is -0.981. The average Bonchev–Trinajstić information content (AvgIpc) is 1.38. The van der Waals surface area contributed by atoms with Gasteiger partial charge in [0.05, 0.1) is 0 Å². The molecule has 0 aliphatic heterocycles. The van der Waals surface area contributed by atoms with Crippen molar-refractivity contribution in [1.29, 1.82) is 0 Å². The maximum absolute atomic E-state index is 9.25. The number of rotatable bonds is 1. The van der Waals surface area contributed by atoms with Crippen LogP contribution >= 0.6 is 0 Å². The van der Waals surface area contributed by atoms with Gasteiger partial charge in [0.25, 0.3) is 0 Å². The molecule has 0 aliphatic carbocycles. The summed E-state index contributed by atoms with van der Waals surface area (Å²) in [5, 5.41) is 7.60. The summed E-state index contributed by atoms with van der Waals surface area (Å²) >= 11 is 0. The predicted molar refractivity (Wildman–Crippen MR) is 17.8 cm³/mol. The molecule has 0 atom stereocenters. The monoisotopic (exact) mass is 265 g/mol. The van der Waals surface area contributed by atoms with E-state index < -0.39 is 5.97 Å². The second kappa shape index (κ2) is 4.86. The maximum atomic E-state index is 9.25. The van der Waals surface area contributed by atoms with E-state index >= 15 is 0 Å². The number of aliphatic carboxylic acids is 1. The molecule has 0 fully saturated rings. The van der Waals surface area contributed by atoms with Gasteiger partial charge in [-0.2, -0.15) is 0 Å². The molecule has 0 rings (SSSR count). The van der Waals surface area contributed by atoms with Crippen LogP contribution in [0.5, 0.6) is 0 Å². The van der Waals surface area contributed by atoms with Crippen molar-refractivity contribution in [3.05, 3.63) is 12.7 Å². The summed E-state index contributed by atoms with van der Waals surface area (Å²) in [7, 11) is 0. The molecule has 0 heterocycles. The fourth-order valence-corrected chi connectivity index (χ4v) is 0. The van der Waals surface area contributed by atoms with Crippen LogP contribution in [0.25, 0.3) is 0 Å². The van der Waals surface area contributed by atoms with Gasteiger partial charge in [-0.3, -0.25) is 0 Å². The van der Waals surface area contributed by atoms with Gasteiger partial charge in [0.15, 0.2) is 0 Å². The van der Waals surface area contributed by atoms with Crippen molar-refractivity contribution in [2.75, 3.05) is 0 Å². The first-order valence-corrected chi connectivity index (χ1v) is 1.12. The molecule has 37 valence electrons. The van der Waals surface area contributed by atoms with Crippen molar-refractivity contribution < 1.29 is 30.0 Å². The molecule has 6 heavy (non-hydrogen) atoms. The van der Waals surface area contributed by atoms with Crippen LogP contribution < -0.4 is 0 Å². The van der Waals surface area contributed by atoms with Crippen LogP contribution in [-0.4, -0.2) is 11.1 Å². The van der Waals surface area contributed by atoms with Crippen LogP contribution in [0.2, 0.25) is 0 Å². The predicted octanol–water partition coefficient (Wildman–Crippen LogP) is 0.254. The van der Waals surface area contributed by atoms with Crippen molar-refractivity contribution >= 4 is 5.97 Å². The molecule has 0 amide bonds. The van der Waals surface area contributed by atoms with Crippen molar-refractivity contribution in [1.82, 2.24) is 0 Å². The minimum atomic E-state index is -0.981. The van der Waals surface area contributed by atoms with E-state index in [-0.39, 0.29) is 20.1 Å². The van der Waals surface area contributed by atoms with Gasteiger partial charge in [0, 0.05) is 26.2 Å². The second-order valence-electron chi connectivity index (χ2n) is 0.542. The van der Waals surface area contributed by atoms with Crippen LogP contribution in [0, 0.1) is 0 Å². The van der Waals surface area contributed by atoms with E-state index in [9.17, 15) is 4.79 Å². The topological polar surface area (TPSA) is 37.3 Å². The fraction of sp³-hybridized carbons (Fsp3) is 0. The molecule has 0 aromatic rings. The first-order chi connectivity index (χ1) is 2.27. The summed E-state index contributed by atoms with van der Waals surface area (Å²) in [5.41, 5.74) is 0. The van der Waals surface area contributed by atoms with Crippen molar-refractivity contribution in [3.8, 4) is 0 Å².